The number of fused-ring (bicyclic) bond motifs is 1. The van der Waals surface area contributed by atoms with E-state index in [0.717, 1.165) is 10.8 Å². The van der Waals surface area contributed by atoms with Crippen LogP contribution in [-0.2, 0) is 11.3 Å². The van der Waals surface area contributed by atoms with Gasteiger partial charge < -0.3 is 5.32 Å². The van der Waals surface area contributed by atoms with Crippen LogP contribution in [0, 0.1) is 0 Å². The van der Waals surface area contributed by atoms with E-state index >= 15 is 0 Å². The molecule has 0 radical (unpaired) electrons. The highest BCUT2D eigenvalue weighted by atomic mass is 35.5. The Labute approximate surface area is 138 Å². The van der Waals surface area contributed by atoms with Crippen LogP contribution in [0.25, 0.3) is 10.8 Å². The van der Waals surface area contributed by atoms with Crippen LogP contribution in [0.1, 0.15) is 0 Å². The summed E-state index contributed by atoms with van der Waals surface area (Å²) in [5.41, 5.74) is 0.514. The fraction of sp³-hybridized carbons (Fsp3) is 0.0588. The number of rotatable bonds is 3. The Balaban J connectivity index is 1.76. The number of halogens is 2. The van der Waals surface area contributed by atoms with Gasteiger partial charge in [-0.2, -0.15) is 4.57 Å². The molecule has 0 atom stereocenters. The second kappa shape index (κ2) is 6.34. The quantitative estimate of drug-likeness (QED) is 0.721. The number of benzene rings is 2. The Bertz CT molecular complexity index is 849. The minimum Gasteiger partial charge on any atom is -0.319 e. The summed E-state index contributed by atoms with van der Waals surface area (Å²) in [4.78, 5) is 12.1. The average molecular weight is 332 g/mol. The van der Waals surface area contributed by atoms with Crippen LogP contribution in [0.5, 0.6) is 0 Å². The van der Waals surface area contributed by atoms with Gasteiger partial charge in [-0.25, -0.2) is 0 Å². The van der Waals surface area contributed by atoms with Crippen molar-refractivity contribution in [2.24, 2.45) is 0 Å². The molecule has 1 amide bonds. The van der Waals surface area contributed by atoms with Crippen molar-refractivity contribution in [3.8, 4) is 0 Å². The van der Waals surface area contributed by atoms with E-state index in [1.54, 1.807) is 18.2 Å². The van der Waals surface area contributed by atoms with Crippen LogP contribution >= 0.6 is 23.2 Å². The fourth-order valence-electron chi connectivity index (χ4n) is 2.23. The third kappa shape index (κ3) is 3.21. The second-order valence-electron chi connectivity index (χ2n) is 4.90. The summed E-state index contributed by atoms with van der Waals surface area (Å²) < 4.78 is 1.83. The van der Waals surface area contributed by atoms with Crippen molar-refractivity contribution in [3.63, 3.8) is 0 Å². The van der Waals surface area contributed by atoms with Crippen molar-refractivity contribution < 1.29 is 9.36 Å². The Morgan fingerprint density at radius 3 is 2.59 bits per heavy atom. The van der Waals surface area contributed by atoms with Crippen LogP contribution in [0.2, 0.25) is 10.0 Å². The highest BCUT2D eigenvalue weighted by Crippen LogP contribution is 2.29. The molecule has 110 valence electrons. The van der Waals surface area contributed by atoms with E-state index in [1.807, 2.05) is 47.3 Å². The second-order valence-corrected chi connectivity index (χ2v) is 5.68. The molecular weight excluding hydrogens is 319 g/mol. The highest BCUT2D eigenvalue weighted by Gasteiger charge is 2.13. The SMILES string of the molecule is O=C(C[n+]1ccc2ccccc2c1)Nc1cccc(Cl)c1Cl. The predicted octanol–water partition coefficient (Wildman–Crippen LogP) is 4.07. The molecule has 0 aliphatic carbocycles. The summed E-state index contributed by atoms with van der Waals surface area (Å²) in [7, 11) is 0. The third-order valence-electron chi connectivity index (χ3n) is 3.30. The first kappa shape index (κ1) is 14.8. The number of anilines is 1. The fourth-order valence-corrected chi connectivity index (χ4v) is 2.58. The Hall–Kier alpha value is -2.10. The molecule has 0 bridgehead atoms. The van der Waals surface area contributed by atoms with Gasteiger partial charge in [0.15, 0.2) is 12.4 Å². The number of carbonyl (C=O) groups is 1. The van der Waals surface area contributed by atoms with Gasteiger partial charge in [-0.15, -0.1) is 0 Å². The van der Waals surface area contributed by atoms with Crippen molar-refractivity contribution >= 4 is 45.6 Å². The molecule has 1 heterocycles. The van der Waals surface area contributed by atoms with E-state index in [-0.39, 0.29) is 12.5 Å². The normalized spacial score (nSPS) is 10.6. The van der Waals surface area contributed by atoms with Crippen molar-refractivity contribution in [2.45, 2.75) is 6.54 Å². The number of hydrogen-bond donors (Lipinski definition) is 1. The topological polar surface area (TPSA) is 33.0 Å². The van der Waals surface area contributed by atoms with Crippen molar-refractivity contribution in [3.05, 3.63) is 71.0 Å². The molecule has 3 nitrogen and oxygen atoms in total. The van der Waals surface area contributed by atoms with Gasteiger partial charge in [0, 0.05) is 11.5 Å². The number of hydrogen-bond acceptors (Lipinski definition) is 1. The molecule has 0 saturated carbocycles. The minimum atomic E-state index is -0.163. The largest absolute Gasteiger partial charge is 0.319 e. The zero-order valence-corrected chi connectivity index (χ0v) is 13.1. The van der Waals surface area contributed by atoms with Crippen molar-refractivity contribution in [1.29, 1.82) is 0 Å². The molecule has 22 heavy (non-hydrogen) atoms. The van der Waals surface area contributed by atoms with Gasteiger partial charge in [0.25, 0.3) is 5.91 Å². The van der Waals surface area contributed by atoms with Gasteiger partial charge in [0.1, 0.15) is 0 Å². The first-order valence-corrected chi connectivity index (χ1v) is 7.51. The van der Waals surface area contributed by atoms with Gasteiger partial charge in [-0.3, -0.25) is 4.79 Å². The van der Waals surface area contributed by atoms with E-state index in [2.05, 4.69) is 5.32 Å². The number of carbonyl (C=O) groups excluding carboxylic acids is 1. The van der Waals surface area contributed by atoms with Crippen molar-refractivity contribution in [2.75, 3.05) is 5.32 Å². The lowest BCUT2D eigenvalue weighted by Crippen LogP contribution is -2.39. The zero-order valence-electron chi connectivity index (χ0n) is 11.6. The highest BCUT2D eigenvalue weighted by molar-refractivity contribution is 6.43. The third-order valence-corrected chi connectivity index (χ3v) is 4.12. The molecule has 1 N–H and O–H groups in total. The van der Waals surface area contributed by atoms with E-state index in [0.29, 0.717) is 15.7 Å². The lowest BCUT2D eigenvalue weighted by molar-refractivity contribution is -0.682. The summed E-state index contributed by atoms with van der Waals surface area (Å²) in [6.45, 7) is 0.202. The van der Waals surface area contributed by atoms with Crippen LogP contribution in [0.15, 0.2) is 60.9 Å². The lowest BCUT2D eigenvalue weighted by atomic mass is 10.2. The Kier molecular flexibility index (Phi) is 4.27. The predicted molar refractivity (Wildman–Crippen MR) is 89.2 cm³/mol. The summed E-state index contributed by atoms with van der Waals surface area (Å²) in [5.74, 6) is -0.163. The molecule has 1 aromatic heterocycles. The molecule has 2 aromatic carbocycles. The number of nitrogens with one attached hydrogen (secondary N) is 1. The molecule has 5 heteroatoms. The van der Waals surface area contributed by atoms with Crippen LogP contribution in [0.3, 0.4) is 0 Å². The van der Waals surface area contributed by atoms with Gasteiger partial charge in [0.2, 0.25) is 6.54 Å². The maximum Gasteiger partial charge on any atom is 0.290 e. The molecule has 0 unspecified atom stereocenters. The van der Waals surface area contributed by atoms with E-state index < -0.39 is 0 Å². The van der Waals surface area contributed by atoms with Crippen LogP contribution < -0.4 is 9.88 Å². The van der Waals surface area contributed by atoms with E-state index in [4.69, 9.17) is 23.2 Å². The maximum atomic E-state index is 12.1. The summed E-state index contributed by atoms with van der Waals surface area (Å²) in [6, 6.07) is 15.1. The maximum absolute atomic E-state index is 12.1. The first-order valence-electron chi connectivity index (χ1n) is 6.75. The molecular formula is C17H13Cl2N2O+. The lowest BCUT2D eigenvalue weighted by Gasteiger charge is -2.06. The smallest absolute Gasteiger partial charge is 0.290 e. The van der Waals surface area contributed by atoms with Gasteiger partial charge in [-0.05, 0) is 23.6 Å². The number of pyridine rings is 1. The van der Waals surface area contributed by atoms with Gasteiger partial charge in [-0.1, -0.05) is 47.5 Å². The molecule has 0 aliphatic rings. The van der Waals surface area contributed by atoms with E-state index in [1.165, 1.54) is 0 Å². The number of aromatic nitrogens is 1. The molecule has 3 rings (SSSR count). The number of amides is 1. The van der Waals surface area contributed by atoms with Crippen molar-refractivity contribution in [1.82, 2.24) is 0 Å². The monoisotopic (exact) mass is 331 g/mol. The zero-order chi connectivity index (χ0) is 15.5. The first-order chi connectivity index (χ1) is 10.6. The summed E-state index contributed by atoms with van der Waals surface area (Å²) >= 11 is 12.0. The summed E-state index contributed by atoms with van der Waals surface area (Å²) in [5, 5.41) is 5.75. The summed E-state index contributed by atoms with van der Waals surface area (Å²) in [6.07, 6.45) is 3.82. The molecule has 0 saturated heterocycles. The Morgan fingerprint density at radius 1 is 1.00 bits per heavy atom. The molecule has 0 aliphatic heterocycles. The standard InChI is InChI=1S/C17H12Cl2N2O/c18-14-6-3-7-15(17(14)19)20-16(22)11-21-9-8-12-4-1-2-5-13(12)10-21/h1-10H,11H2/p+1. The molecule has 0 spiro atoms. The Morgan fingerprint density at radius 2 is 1.77 bits per heavy atom. The molecule has 3 aromatic rings. The van der Waals surface area contributed by atoms with Gasteiger partial charge in [0.05, 0.1) is 15.7 Å². The van der Waals surface area contributed by atoms with Gasteiger partial charge >= 0.3 is 0 Å². The molecule has 0 fully saturated rings. The average Bonchev–Trinajstić information content (AvgIpc) is 2.52. The minimum absolute atomic E-state index is 0.163. The van der Waals surface area contributed by atoms with E-state index in [9.17, 15) is 4.79 Å². The van der Waals surface area contributed by atoms with Crippen LogP contribution in [-0.4, -0.2) is 5.91 Å². The van der Waals surface area contributed by atoms with Crippen LogP contribution in [0.4, 0.5) is 5.69 Å². The number of nitrogens with zero attached hydrogens (tertiary/aromatic N) is 1.